The van der Waals surface area contributed by atoms with Gasteiger partial charge in [-0.15, -0.1) is 0 Å². The van der Waals surface area contributed by atoms with Crippen LogP contribution >= 0.6 is 11.6 Å². The Morgan fingerprint density at radius 3 is 2.62 bits per heavy atom. The Hall–Kier alpha value is -1.67. The molecule has 0 fully saturated rings. The summed E-state index contributed by atoms with van der Waals surface area (Å²) >= 11 is 5.79. The van der Waals surface area contributed by atoms with Crippen LogP contribution < -0.4 is 4.72 Å². The highest BCUT2D eigenvalue weighted by Crippen LogP contribution is 2.15. The van der Waals surface area contributed by atoms with Gasteiger partial charge in [-0.1, -0.05) is 18.5 Å². The number of nitrogens with zero attached hydrogens (tertiary/aromatic N) is 4. The number of imidazole rings is 1. The SMILES string of the molecule is CCCn1cc(S(=O)(=O)Nc2nc(C)cc(Cl)n2)nc1C. The number of hydrogen-bond acceptors (Lipinski definition) is 5. The summed E-state index contributed by atoms with van der Waals surface area (Å²) in [6, 6.07) is 1.54. The Bertz CT molecular complexity index is 737. The molecule has 0 atom stereocenters. The largest absolute Gasteiger partial charge is 0.334 e. The maximum absolute atomic E-state index is 12.3. The average Bonchev–Trinajstić information content (AvgIpc) is 2.70. The molecule has 0 unspecified atom stereocenters. The summed E-state index contributed by atoms with van der Waals surface area (Å²) < 4.78 is 28.6. The van der Waals surface area contributed by atoms with Gasteiger partial charge < -0.3 is 4.57 Å². The van der Waals surface area contributed by atoms with Gasteiger partial charge in [0.2, 0.25) is 5.95 Å². The van der Waals surface area contributed by atoms with Crippen molar-refractivity contribution in [2.45, 2.75) is 38.8 Å². The van der Waals surface area contributed by atoms with Crippen molar-refractivity contribution < 1.29 is 8.42 Å². The normalized spacial score (nSPS) is 11.6. The molecule has 0 aromatic carbocycles. The van der Waals surface area contributed by atoms with Gasteiger partial charge in [-0.05, 0) is 26.3 Å². The molecule has 2 aromatic rings. The van der Waals surface area contributed by atoms with Crippen LogP contribution in [-0.2, 0) is 16.6 Å². The molecule has 2 rings (SSSR count). The fourth-order valence-electron chi connectivity index (χ4n) is 1.82. The standard InChI is InChI=1S/C12H16ClN5O2S/c1-4-5-18-7-11(15-9(18)3)21(19,20)17-12-14-8(2)6-10(13)16-12/h6-7H,4-5H2,1-3H3,(H,14,16,17). The molecule has 0 spiro atoms. The van der Waals surface area contributed by atoms with Crippen molar-refractivity contribution in [1.82, 2.24) is 19.5 Å². The van der Waals surface area contributed by atoms with Crippen LogP contribution in [0.1, 0.15) is 24.9 Å². The van der Waals surface area contributed by atoms with E-state index in [1.807, 2.05) is 6.92 Å². The molecular weight excluding hydrogens is 314 g/mol. The summed E-state index contributed by atoms with van der Waals surface area (Å²) in [5, 5.41) is 0.113. The third-order valence-electron chi connectivity index (χ3n) is 2.74. The van der Waals surface area contributed by atoms with E-state index in [0.29, 0.717) is 18.1 Å². The van der Waals surface area contributed by atoms with Gasteiger partial charge in [0.25, 0.3) is 10.0 Å². The van der Waals surface area contributed by atoms with E-state index in [4.69, 9.17) is 11.6 Å². The summed E-state index contributed by atoms with van der Waals surface area (Å²) in [7, 11) is -3.83. The van der Waals surface area contributed by atoms with Gasteiger partial charge in [0.1, 0.15) is 11.0 Å². The highest BCUT2D eigenvalue weighted by atomic mass is 35.5. The van der Waals surface area contributed by atoms with E-state index in [-0.39, 0.29) is 16.1 Å². The smallest absolute Gasteiger partial charge is 0.283 e. The number of halogens is 1. The molecule has 9 heteroatoms. The predicted octanol–water partition coefficient (Wildman–Crippen LogP) is 2.15. The molecule has 2 heterocycles. The molecule has 114 valence electrons. The molecule has 0 aliphatic rings. The number of rotatable bonds is 5. The lowest BCUT2D eigenvalue weighted by molar-refractivity contribution is 0.597. The van der Waals surface area contributed by atoms with E-state index >= 15 is 0 Å². The summed E-state index contributed by atoms with van der Waals surface area (Å²) in [6.07, 6.45) is 2.39. The van der Waals surface area contributed by atoms with Crippen LogP contribution in [0.5, 0.6) is 0 Å². The molecule has 0 radical (unpaired) electrons. The van der Waals surface area contributed by atoms with Crippen LogP contribution in [0.15, 0.2) is 17.3 Å². The fraction of sp³-hybridized carbons (Fsp3) is 0.417. The monoisotopic (exact) mass is 329 g/mol. The molecule has 1 N–H and O–H groups in total. The predicted molar refractivity (Wildman–Crippen MR) is 79.8 cm³/mol. The molecule has 21 heavy (non-hydrogen) atoms. The second kappa shape index (κ2) is 5.98. The topological polar surface area (TPSA) is 89.8 Å². The Morgan fingerprint density at radius 2 is 2.00 bits per heavy atom. The zero-order chi connectivity index (χ0) is 15.6. The molecular formula is C12H16ClN5O2S. The van der Waals surface area contributed by atoms with E-state index in [1.54, 1.807) is 24.5 Å². The maximum atomic E-state index is 12.3. The second-order valence-corrected chi connectivity index (χ2v) is 6.60. The summed E-state index contributed by atoms with van der Waals surface area (Å²) in [5.74, 6) is 0.572. The van der Waals surface area contributed by atoms with Crippen LogP contribution in [0.2, 0.25) is 5.15 Å². The van der Waals surface area contributed by atoms with Crippen LogP contribution in [0.4, 0.5) is 5.95 Å². The van der Waals surface area contributed by atoms with Crippen molar-refractivity contribution in [1.29, 1.82) is 0 Å². The van der Waals surface area contributed by atoms with E-state index in [0.717, 1.165) is 6.42 Å². The van der Waals surface area contributed by atoms with Crippen LogP contribution in [0.3, 0.4) is 0 Å². The van der Waals surface area contributed by atoms with E-state index in [1.165, 1.54) is 6.20 Å². The summed E-state index contributed by atoms with van der Waals surface area (Å²) in [6.45, 7) is 6.18. The Morgan fingerprint density at radius 1 is 1.29 bits per heavy atom. The van der Waals surface area contributed by atoms with Gasteiger partial charge in [-0.25, -0.2) is 19.7 Å². The molecule has 0 saturated heterocycles. The van der Waals surface area contributed by atoms with Crippen molar-refractivity contribution >= 4 is 27.6 Å². The third-order valence-corrected chi connectivity index (χ3v) is 4.13. The molecule has 0 aliphatic carbocycles. The first-order chi connectivity index (χ1) is 9.81. The van der Waals surface area contributed by atoms with Gasteiger partial charge in [-0.2, -0.15) is 8.42 Å². The Labute approximate surface area is 128 Å². The van der Waals surface area contributed by atoms with E-state index < -0.39 is 10.0 Å². The first-order valence-corrected chi connectivity index (χ1v) is 8.25. The Kier molecular flexibility index (Phi) is 4.48. The molecule has 0 amide bonds. The van der Waals surface area contributed by atoms with Crippen molar-refractivity contribution in [3.05, 3.63) is 28.9 Å². The van der Waals surface area contributed by atoms with Gasteiger partial charge in [-0.3, -0.25) is 0 Å². The quantitative estimate of drug-likeness (QED) is 0.849. The van der Waals surface area contributed by atoms with Crippen LogP contribution in [0, 0.1) is 13.8 Å². The van der Waals surface area contributed by atoms with Gasteiger partial charge in [0.15, 0.2) is 5.03 Å². The van der Waals surface area contributed by atoms with Gasteiger partial charge in [0, 0.05) is 18.4 Å². The molecule has 7 nitrogen and oxygen atoms in total. The zero-order valence-corrected chi connectivity index (χ0v) is 13.5. The summed E-state index contributed by atoms with van der Waals surface area (Å²) in [4.78, 5) is 11.9. The van der Waals surface area contributed by atoms with E-state index in [2.05, 4.69) is 19.7 Å². The molecule has 0 saturated carbocycles. The lowest BCUT2D eigenvalue weighted by atomic mass is 10.5. The minimum absolute atomic E-state index is 0.0605. The van der Waals surface area contributed by atoms with Crippen molar-refractivity contribution in [2.24, 2.45) is 0 Å². The molecule has 0 bridgehead atoms. The van der Waals surface area contributed by atoms with Gasteiger partial charge >= 0.3 is 0 Å². The zero-order valence-electron chi connectivity index (χ0n) is 12.0. The lowest BCUT2D eigenvalue weighted by Gasteiger charge is -2.05. The highest BCUT2D eigenvalue weighted by Gasteiger charge is 2.20. The number of hydrogen-bond donors (Lipinski definition) is 1. The van der Waals surface area contributed by atoms with Crippen molar-refractivity contribution in [3.63, 3.8) is 0 Å². The minimum Gasteiger partial charge on any atom is -0.334 e. The van der Waals surface area contributed by atoms with E-state index in [9.17, 15) is 8.42 Å². The number of aromatic nitrogens is 4. The lowest BCUT2D eigenvalue weighted by Crippen LogP contribution is -2.16. The van der Waals surface area contributed by atoms with Crippen molar-refractivity contribution in [3.8, 4) is 0 Å². The number of anilines is 1. The van der Waals surface area contributed by atoms with Crippen molar-refractivity contribution in [2.75, 3.05) is 4.72 Å². The van der Waals surface area contributed by atoms with Crippen LogP contribution in [0.25, 0.3) is 0 Å². The number of aryl methyl sites for hydroxylation is 3. The number of nitrogens with one attached hydrogen (secondary N) is 1. The third kappa shape index (κ3) is 3.70. The van der Waals surface area contributed by atoms with Crippen LogP contribution in [-0.4, -0.2) is 27.9 Å². The second-order valence-electron chi connectivity index (χ2n) is 4.58. The molecule has 2 aromatic heterocycles. The fourth-order valence-corrected chi connectivity index (χ4v) is 3.02. The first-order valence-electron chi connectivity index (χ1n) is 6.39. The first kappa shape index (κ1) is 15.7. The highest BCUT2D eigenvalue weighted by molar-refractivity contribution is 7.92. The summed E-state index contributed by atoms with van der Waals surface area (Å²) in [5.41, 5.74) is 0.570. The Balaban J connectivity index is 2.31. The molecule has 0 aliphatic heterocycles. The maximum Gasteiger partial charge on any atom is 0.283 e. The average molecular weight is 330 g/mol. The van der Waals surface area contributed by atoms with Gasteiger partial charge in [0.05, 0.1) is 0 Å². The minimum atomic E-state index is -3.83. The number of sulfonamides is 1.